The number of aromatic nitrogens is 1. The summed E-state index contributed by atoms with van der Waals surface area (Å²) in [5.74, 6) is -0.560. The van der Waals surface area contributed by atoms with Crippen LogP contribution in [-0.4, -0.2) is 16.1 Å². The molecule has 3 nitrogen and oxygen atoms in total. The lowest BCUT2D eigenvalue weighted by Gasteiger charge is -2.38. The minimum atomic E-state index is -0.871. The van der Waals surface area contributed by atoms with Crippen LogP contribution in [0.3, 0.4) is 0 Å². The smallest absolute Gasteiger partial charge is 0.335 e. The van der Waals surface area contributed by atoms with Crippen molar-refractivity contribution in [1.29, 1.82) is 0 Å². The Morgan fingerprint density at radius 1 is 0.800 bits per heavy atom. The van der Waals surface area contributed by atoms with E-state index < -0.39 is 5.97 Å². The van der Waals surface area contributed by atoms with Gasteiger partial charge in [-0.3, -0.25) is 0 Å². The second-order valence-corrected chi connectivity index (χ2v) is 12.8. The number of carboxylic acids is 1. The Bertz CT molecular complexity index is 1430. The number of nitrogens with one attached hydrogen (secondary N) is 1. The summed E-state index contributed by atoms with van der Waals surface area (Å²) in [5.41, 5.74) is 7.23. The van der Waals surface area contributed by atoms with Crippen LogP contribution in [0, 0.1) is 10.8 Å². The van der Waals surface area contributed by atoms with Gasteiger partial charge in [0, 0.05) is 21.8 Å². The van der Waals surface area contributed by atoms with E-state index in [0.29, 0.717) is 16.9 Å². The number of benzene rings is 3. The molecule has 0 amide bonds. The Morgan fingerprint density at radius 2 is 1.43 bits per heavy atom. The molecule has 0 bridgehead atoms. The number of rotatable bonds is 14. The predicted molar refractivity (Wildman–Crippen MR) is 171 cm³/mol. The summed E-state index contributed by atoms with van der Waals surface area (Å²) in [6.45, 7) is 14.0. The number of aromatic amines is 1. The van der Waals surface area contributed by atoms with Crippen LogP contribution in [0.4, 0.5) is 0 Å². The number of carboxylic acid groups (broad SMARTS) is 1. The first-order chi connectivity index (χ1) is 19.1. The molecular formula is C37H49NO2. The van der Waals surface area contributed by atoms with E-state index in [1.54, 1.807) is 12.1 Å². The van der Waals surface area contributed by atoms with Crippen LogP contribution in [-0.2, 0) is 12.8 Å². The summed E-state index contributed by atoms with van der Waals surface area (Å²) in [6, 6.07) is 21.5. The van der Waals surface area contributed by atoms with Gasteiger partial charge in [0.2, 0.25) is 0 Å². The zero-order valence-corrected chi connectivity index (χ0v) is 25.6. The molecule has 0 saturated carbocycles. The molecule has 4 rings (SSSR count). The van der Waals surface area contributed by atoms with Gasteiger partial charge < -0.3 is 10.1 Å². The Labute approximate surface area is 241 Å². The minimum absolute atomic E-state index is 0.134. The summed E-state index contributed by atoms with van der Waals surface area (Å²) < 4.78 is 0. The van der Waals surface area contributed by atoms with Gasteiger partial charge in [-0.05, 0) is 83.4 Å². The highest BCUT2D eigenvalue weighted by atomic mass is 16.4. The highest BCUT2D eigenvalue weighted by Crippen LogP contribution is 2.45. The number of hydrogen-bond donors (Lipinski definition) is 2. The lowest BCUT2D eigenvalue weighted by atomic mass is 9.66. The normalized spacial score (nSPS) is 15.7. The topological polar surface area (TPSA) is 53.1 Å². The fourth-order valence-electron chi connectivity index (χ4n) is 6.77. The molecule has 4 aromatic rings. The molecule has 0 radical (unpaired) electrons. The Morgan fingerprint density at radius 3 is 1.98 bits per heavy atom. The molecule has 3 aromatic carbocycles. The first-order valence-electron chi connectivity index (χ1n) is 15.5. The molecule has 0 spiro atoms. The van der Waals surface area contributed by atoms with Crippen LogP contribution < -0.4 is 0 Å². The van der Waals surface area contributed by atoms with Crippen molar-refractivity contribution in [2.45, 2.75) is 105 Å². The molecule has 0 aliphatic carbocycles. The van der Waals surface area contributed by atoms with Crippen LogP contribution >= 0.6 is 0 Å². The summed E-state index contributed by atoms with van der Waals surface area (Å²) in [4.78, 5) is 15.2. The SMILES string of the molecule is CCCCC(C)(CC)C(Cc1ccc2c(c1)[nH]c1cc(CC(C)(CC)CCC)ccc12)c1ccc(C(=O)O)cc1. The summed E-state index contributed by atoms with van der Waals surface area (Å²) in [7, 11) is 0. The molecule has 1 heterocycles. The van der Waals surface area contributed by atoms with Crippen LogP contribution in [0.5, 0.6) is 0 Å². The van der Waals surface area contributed by atoms with E-state index in [9.17, 15) is 9.90 Å². The number of carbonyl (C=O) groups is 1. The zero-order valence-electron chi connectivity index (χ0n) is 25.6. The number of H-pyrrole nitrogens is 1. The maximum absolute atomic E-state index is 11.5. The third-order valence-electron chi connectivity index (χ3n) is 9.82. The van der Waals surface area contributed by atoms with Crippen LogP contribution in [0.15, 0.2) is 60.7 Å². The zero-order chi connectivity index (χ0) is 28.9. The summed E-state index contributed by atoms with van der Waals surface area (Å²) >= 11 is 0. The van der Waals surface area contributed by atoms with Gasteiger partial charge in [-0.1, -0.05) is 110 Å². The second-order valence-electron chi connectivity index (χ2n) is 12.8. The lowest BCUT2D eigenvalue weighted by molar-refractivity contribution is 0.0697. The molecule has 3 heteroatoms. The highest BCUT2D eigenvalue weighted by molar-refractivity contribution is 6.07. The van der Waals surface area contributed by atoms with Crippen molar-refractivity contribution in [2.75, 3.05) is 0 Å². The van der Waals surface area contributed by atoms with Crippen molar-refractivity contribution in [3.05, 3.63) is 82.9 Å². The van der Waals surface area contributed by atoms with Crippen molar-refractivity contribution < 1.29 is 9.90 Å². The average Bonchev–Trinajstić information content (AvgIpc) is 3.31. The quantitative estimate of drug-likeness (QED) is 0.167. The fraction of sp³-hybridized carbons (Fsp3) is 0.486. The van der Waals surface area contributed by atoms with Gasteiger partial charge in [0.05, 0.1) is 5.56 Å². The number of hydrogen-bond acceptors (Lipinski definition) is 1. The van der Waals surface area contributed by atoms with Gasteiger partial charge in [-0.25, -0.2) is 4.79 Å². The number of fused-ring (bicyclic) bond motifs is 3. The maximum Gasteiger partial charge on any atom is 0.335 e. The Kier molecular flexibility index (Phi) is 9.44. The number of unbranched alkanes of at least 4 members (excludes halogenated alkanes) is 1. The van der Waals surface area contributed by atoms with Gasteiger partial charge >= 0.3 is 5.97 Å². The fourth-order valence-corrected chi connectivity index (χ4v) is 6.77. The van der Waals surface area contributed by atoms with E-state index in [0.717, 1.165) is 25.7 Å². The molecule has 0 aliphatic rings. The molecular weight excluding hydrogens is 490 g/mol. The minimum Gasteiger partial charge on any atom is -0.478 e. The first kappa shape index (κ1) is 29.9. The Hall–Kier alpha value is -3.07. The molecule has 1 aromatic heterocycles. The van der Waals surface area contributed by atoms with E-state index in [1.807, 2.05) is 12.1 Å². The van der Waals surface area contributed by atoms with Crippen LogP contribution in [0.1, 0.15) is 119 Å². The molecule has 0 fully saturated rings. The van der Waals surface area contributed by atoms with E-state index in [1.165, 1.54) is 70.6 Å². The molecule has 3 atom stereocenters. The highest BCUT2D eigenvalue weighted by Gasteiger charge is 2.33. The third kappa shape index (κ3) is 6.45. The van der Waals surface area contributed by atoms with Crippen LogP contribution in [0.2, 0.25) is 0 Å². The maximum atomic E-state index is 11.5. The van der Waals surface area contributed by atoms with Gasteiger partial charge in [0.15, 0.2) is 0 Å². The second kappa shape index (κ2) is 12.6. The molecule has 2 N–H and O–H groups in total. The molecule has 214 valence electrons. The standard InChI is InChI=1S/C37H49NO2/c1-7-11-21-37(6,10-4)32(28-14-16-29(17-15-28)35(39)40)22-26-12-18-30-31-19-13-27(24-34(31)38-33(30)23-26)25-36(5,9-3)20-8-2/h12-19,23-24,32,38H,7-11,20-22,25H2,1-6H3,(H,39,40). The van der Waals surface area contributed by atoms with E-state index in [2.05, 4.69) is 82.9 Å². The van der Waals surface area contributed by atoms with Gasteiger partial charge in [-0.2, -0.15) is 0 Å². The molecule has 0 saturated heterocycles. The van der Waals surface area contributed by atoms with Crippen molar-refractivity contribution in [3.63, 3.8) is 0 Å². The lowest BCUT2D eigenvalue weighted by Crippen LogP contribution is -2.27. The third-order valence-corrected chi connectivity index (χ3v) is 9.82. The largest absolute Gasteiger partial charge is 0.478 e. The Balaban J connectivity index is 1.68. The average molecular weight is 540 g/mol. The molecule has 40 heavy (non-hydrogen) atoms. The van der Waals surface area contributed by atoms with Crippen molar-refractivity contribution >= 4 is 27.8 Å². The van der Waals surface area contributed by atoms with E-state index >= 15 is 0 Å². The molecule has 3 unspecified atom stereocenters. The van der Waals surface area contributed by atoms with E-state index in [-0.39, 0.29) is 5.41 Å². The molecule has 0 aliphatic heterocycles. The van der Waals surface area contributed by atoms with E-state index in [4.69, 9.17) is 0 Å². The van der Waals surface area contributed by atoms with Gasteiger partial charge in [0.1, 0.15) is 0 Å². The summed E-state index contributed by atoms with van der Waals surface area (Å²) in [5, 5.41) is 12.0. The predicted octanol–water partition coefficient (Wildman–Crippen LogP) is 10.7. The monoisotopic (exact) mass is 539 g/mol. The van der Waals surface area contributed by atoms with Crippen molar-refractivity contribution in [3.8, 4) is 0 Å². The first-order valence-corrected chi connectivity index (χ1v) is 15.5. The van der Waals surface area contributed by atoms with Crippen molar-refractivity contribution in [1.82, 2.24) is 4.98 Å². The van der Waals surface area contributed by atoms with Gasteiger partial charge in [0.25, 0.3) is 0 Å². The summed E-state index contributed by atoms with van der Waals surface area (Å²) in [6.07, 6.45) is 10.4. The van der Waals surface area contributed by atoms with Crippen molar-refractivity contribution in [2.24, 2.45) is 10.8 Å². The van der Waals surface area contributed by atoms with Crippen LogP contribution in [0.25, 0.3) is 21.8 Å². The van der Waals surface area contributed by atoms with Gasteiger partial charge in [-0.15, -0.1) is 0 Å². The number of aromatic carboxylic acids is 1.